The zero-order valence-corrected chi connectivity index (χ0v) is 17.9. The molecule has 1 amide bonds. The van der Waals surface area contributed by atoms with Crippen molar-refractivity contribution in [2.24, 2.45) is 0 Å². The molecular formula is C25H30N2O3. The van der Waals surface area contributed by atoms with Crippen molar-refractivity contribution in [2.75, 3.05) is 40.3 Å². The molecule has 5 nitrogen and oxygen atoms in total. The maximum absolute atomic E-state index is 12.8. The van der Waals surface area contributed by atoms with Crippen LogP contribution >= 0.6 is 0 Å². The number of piperazine rings is 1. The van der Waals surface area contributed by atoms with Gasteiger partial charge < -0.3 is 19.3 Å². The zero-order valence-electron chi connectivity index (χ0n) is 17.9. The van der Waals surface area contributed by atoms with Gasteiger partial charge in [-0.15, -0.1) is 13.2 Å². The fourth-order valence-corrected chi connectivity index (χ4v) is 3.59. The van der Waals surface area contributed by atoms with E-state index in [-0.39, 0.29) is 6.09 Å². The van der Waals surface area contributed by atoms with E-state index >= 15 is 0 Å². The average molecular weight is 407 g/mol. The van der Waals surface area contributed by atoms with Crippen molar-refractivity contribution >= 4 is 6.09 Å². The van der Waals surface area contributed by atoms with Gasteiger partial charge in [0.25, 0.3) is 0 Å². The fourth-order valence-electron chi connectivity index (χ4n) is 3.59. The Morgan fingerprint density at radius 2 is 1.70 bits per heavy atom. The van der Waals surface area contributed by atoms with Crippen LogP contribution in [-0.2, 0) is 12.8 Å². The van der Waals surface area contributed by atoms with Gasteiger partial charge in [-0.05, 0) is 60.8 Å². The number of likely N-dealkylation sites (N-methyl/N-ethyl adjacent to an activating group) is 1. The van der Waals surface area contributed by atoms with E-state index in [9.17, 15) is 4.79 Å². The molecule has 1 saturated heterocycles. The lowest BCUT2D eigenvalue weighted by Gasteiger charge is -2.31. The Morgan fingerprint density at radius 3 is 2.37 bits per heavy atom. The van der Waals surface area contributed by atoms with Gasteiger partial charge in [-0.2, -0.15) is 0 Å². The molecule has 1 aliphatic rings. The summed E-state index contributed by atoms with van der Waals surface area (Å²) in [5.41, 5.74) is 4.00. The molecular weight excluding hydrogens is 376 g/mol. The molecule has 3 rings (SSSR count). The van der Waals surface area contributed by atoms with Gasteiger partial charge in [0.2, 0.25) is 0 Å². The summed E-state index contributed by atoms with van der Waals surface area (Å²) in [5, 5.41) is 0. The van der Waals surface area contributed by atoms with Crippen LogP contribution in [0.3, 0.4) is 0 Å². The molecule has 5 heteroatoms. The molecule has 1 aliphatic heterocycles. The number of benzene rings is 2. The maximum atomic E-state index is 12.8. The first kappa shape index (κ1) is 21.7. The highest BCUT2D eigenvalue weighted by Gasteiger charge is 2.22. The molecule has 0 spiro atoms. The number of rotatable bonds is 7. The minimum Gasteiger partial charge on any atom is -0.496 e. The first-order chi connectivity index (χ1) is 14.5. The highest BCUT2D eigenvalue weighted by molar-refractivity contribution is 5.78. The predicted molar refractivity (Wildman–Crippen MR) is 121 cm³/mol. The number of hydrogen-bond acceptors (Lipinski definition) is 4. The van der Waals surface area contributed by atoms with Gasteiger partial charge in [-0.25, -0.2) is 4.79 Å². The van der Waals surface area contributed by atoms with Crippen molar-refractivity contribution in [3.05, 3.63) is 72.8 Å². The molecule has 0 aromatic heterocycles. The highest BCUT2D eigenvalue weighted by Crippen LogP contribution is 2.35. The number of amides is 1. The Morgan fingerprint density at radius 1 is 1.00 bits per heavy atom. The third-order valence-electron chi connectivity index (χ3n) is 5.34. The summed E-state index contributed by atoms with van der Waals surface area (Å²) < 4.78 is 11.3. The van der Waals surface area contributed by atoms with Crippen molar-refractivity contribution < 1.29 is 14.3 Å². The summed E-state index contributed by atoms with van der Waals surface area (Å²) in [6.07, 6.45) is 4.85. The van der Waals surface area contributed by atoms with Crippen molar-refractivity contribution in [1.29, 1.82) is 0 Å². The molecule has 0 radical (unpaired) electrons. The summed E-state index contributed by atoms with van der Waals surface area (Å²) in [5.74, 6) is 1.37. The summed E-state index contributed by atoms with van der Waals surface area (Å²) in [6.45, 7) is 10.7. The molecule has 0 unspecified atom stereocenters. The molecule has 158 valence electrons. The zero-order chi connectivity index (χ0) is 21.5. The molecule has 0 bridgehead atoms. The van der Waals surface area contributed by atoms with Crippen molar-refractivity contribution in [3.8, 4) is 22.6 Å². The van der Waals surface area contributed by atoms with Crippen molar-refractivity contribution in [3.63, 3.8) is 0 Å². The predicted octanol–water partition coefficient (Wildman–Crippen LogP) is 4.57. The van der Waals surface area contributed by atoms with Crippen LogP contribution in [0.15, 0.2) is 61.7 Å². The van der Waals surface area contributed by atoms with Crippen LogP contribution in [0.4, 0.5) is 4.79 Å². The smallest absolute Gasteiger partial charge is 0.415 e. The SMILES string of the molecule is C=CCc1ccc(OC(=O)N2CCN(C)CC2)c(-c2ccc(OC)c(CC=C)c2)c1. The minimum absolute atomic E-state index is 0.305. The van der Waals surface area contributed by atoms with E-state index < -0.39 is 0 Å². The monoisotopic (exact) mass is 406 g/mol. The first-order valence-electron chi connectivity index (χ1n) is 10.2. The van der Waals surface area contributed by atoms with Gasteiger partial charge in [0.1, 0.15) is 11.5 Å². The molecule has 0 saturated carbocycles. The largest absolute Gasteiger partial charge is 0.496 e. The van der Waals surface area contributed by atoms with E-state index in [0.717, 1.165) is 47.5 Å². The number of methoxy groups -OCH3 is 1. The normalized spacial score (nSPS) is 14.3. The summed E-state index contributed by atoms with van der Waals surface area (Å²) in [7, 11) is 3.72. The average Bonchev–Trinajstić information content (AvgIpc) is 2.75. The number of hydrogen-bond donors (Lipinski definition) is 0. The van der Waals surface area contributed by atoms with Crippen LogP contribution in [0.25, 0.3) is 11.1 Å². The highest BCUT2D eigenvalue weighted by atomic mass is 16.6. The molecule has 2 aromatic rings. The molecule has 0 N–H and O–H groups in total. The number of nitrogens with zero attached hydrogens (tertiary/aromatic N) is 2. The van der Waals surface area contributed by atoms with E-state index in [2.05, 4.69) is 37.2 Å². The number of carbonyl (C=O) groups excluding carboxylic acids is 1. The van der Waals surface area contributed by atoms with Crippen LogP contribution in [0, 0.1) is 0 Å². The van der Waals surface area contributed by atoms with E-state index in [1.807, 2.05) is 36.4 Å². The lowest BCUT2D eigenvalue weighted by molar-refractivity contribution is 0.120. The first-order valence-corrected chi connectivity index (χ1v) is 10.2. The molecule has 0 aliphatic carbocycles. The van der Waals surface area contributed by atoms with Crippen molar-refractivity contribution in [1.82, 2.24) is 9.80 Å². The second-order valence-electron chi connectivity index (χ2n) is 7.50. The number of ether oxygens (including phenoxy) is 2. The van der Waals surface area contributed by atoms with Gasteiger partial charge >= 0.3 is 6.09 Å². The minimum atomic E-state index is -0.305. The van der Waals surface area contributed by atoms with Crippen LogP contribution < -0.4 is 9.47 Å². The van der Waals surface area contributed by atoms with E-state index in [1.165, 1.54) is 0 Å². The fraction of sp³-hybridized carbons (Fsp3) is 0.320. The third-order valence-corrected chi connectivity index (χ3v) is 5.34. The summed E-state index contributed by atoms with van der Waals surface area (Å²) >= 11 is 0. The van der Waals surface area contributed by atoms with Crippen LogP contribution in [0.2, 0.25) is 0 Å². The topological polar surface area (TPSA) is 42.0 Å². The van der Waals surface area contributed by atoms with E-state index in [4.69, 9.17) is 9.47 Å². The quantitative estimate of drug-likeness (QED) is 0.632. The molecule has 30 heavy (non-hydrogen) atoms. The molecule has 1 fully saturated rings. The Balaban J connectivity index is 1.94. The van der Waals surface area contributed by atoms with Gasteiger partial charge in [-0.3, -0.25) is 0 Å². The Bertz CT molecular complexity index is 915. The van der Waals surface area contributed by atoms with E-state index in [0.29, 0.717) is 25.3 Å². The molecule has 1 heterocycles. The van der Waals surface area contributed by atoms with E-state index in [1.54, 1.807) is 12.0 Å². The second kappa shape index (κ2) is 10.1. The van der Waals surface area contributed by atoms with Crippen molar-refractivity contribution in [2.45, 2.75) is 12.8 Å². The Labute approximate surface area is 179 Å². The maximum Gasteiger partial charge on any atom is 0.415 e. The number of carbonyl (C=O) groups is 1. The number of allylic oxidation sites excluding steroid dienone is 2. The van der Waals surface area contributed by atoms with Crippen LogP contribution in [0.1, 0.15) is 11.1 Å². The Kier molecular flexibility index (Phi) is 7.31. The lowest BCUT2D eigenvalue weighted by Crippen LogP contribution is -2.48. The lowest BCUT2D eigenvalue weighted by atomic mass is 9.97. The summed E-state index contributed by atoms with van der Waals surface area (Å²) in [6, 6.07) is 11.9. The van der Waals surface area contributed by atoms with Gasteiger partial charge in [0.15, 0.2) is 0 Å². The standard InChI is InChI=1S/C25H30N2O3/c1-5-7-19-9-11-24(30-25(28)27-15-13-26(3)14-16-27)22(17-19)20-10-12-23(29-4)21(18-20)8-6-2/h5-6,9-12,17-18H,1-2,7-8,13-16H2,3-4H3. The van der Waals surface area contributed by atoms with Gasteiger partial charge in [-0.1, -0.05) is 24.3 Å². The van der Waals surface area contributed by atoms with Crippen LogP contribution in [0.5, 0.6) is 11.5 Å². The summed E-state index contributed by atoms with van der Waals surface area (Å²) in [4.78, 5) is 16.7. The van der Waals surface area contributed by atoms with Gasteiger partial charge in [0, 0.05) is 31.7 Å². The third kappa shape index (κ3) is 5.10. The van der Waals surface area contributed by atoms with Crippen LogP contribution in [-0.4, -0.2) is 56.2 Å². The van der Waals surface area contributed by atoms with Gasteiger partial charge in [0.05, 0.1) is 7.11 Å². The second-order valence-corrected chi connectivity index (χ2v) is 7.50. The molecule has 0 atom stereocenters. The Hall–Kier alpha value is -3.05. The molecule has 2 aromatic carbocycles.